The van der Waals surface area contributed by atoms with Gasteiger partial charge in [0.05, 0.1) is 16.8 Å². The smallest absolute Gasteiger partial charge is 0.0762 e. The van der Waals surface area contributed by atoms with E-state index >= 15 is 0 Å². The molecule has 1 aliphatic heterocycles. The monoisotopic (exact) mass is 251 g/mol. The fourth-order valence-corrected chi connectivity index (χ4v) is 2.34. The molecule has 0 aromatic heterocycles. The fraction of sp³-hybridized carbons (Fsp3) is 0.429. The molecule has 0 spiro atoms. The van der Waals surface area contributed by atoms with Crippen LogP contribution in [0.3, 0.4) is 0 Å². The molecule has 3 heteroatoms. The van der Waals surface area contributed by atoms with Gasteiger partial charge in [-0.15, -0.1) is 0 Å². The number of rotatable bonds is 2. The average molecular weight is 252 g/mol. The quantitative estimate of drug-likeness (QED) is 0.813. The van der Waals surface area contributed by atoms with Gasteiger partial charge in [-0.1, -0.05) is 29.3 Å². The number of halogens is 1. The average Bonchev–Trinajstić information content (AvgIpc) is 2.30. The first-order valence-electron chi connectivity index (χ1n) is 5.96. The number of hydrogen-bond acceptors (Lipinski definition) is 2. The van der Waals surface area contributed by atoms with Crippen molar-refractivity contribution in [3.8, 4) is 0 Å². The van der Waals surface area contributed by atoms with Gasteiger partial charge >= 0.3 is 0 Å². The van der Waals surface area contributed by atoms with Crippen LogP contribution in [0.25, 0.3) is 0 Å². The van der Waals surface area contributed by atoms with Crippen LogP contribution in [-0.2, 0) is 0 Å². The third-order valence-electron chi connectivity index (χ3n) is 3.23. The lowest BCUT2D eigenvalue weighted by Crippen LogP contribution is -2.28. The van der Waals surface area contributed by atoms with Crippen molar-refractivity contribution < 1.29 is 5.11 Å². The maximum atomic E-state index is 9.50. The van der Waals surface area contributed by atoms with Crippen molar-refractivity contribution in [1.82, 2.24) is 0 Å². The number of hydrogen-bond donors (Lipinski definition) is 1. The van der Waals surface area contributed by atoms with Gasteiger partial charge in [0.25, 0.3) is 0 Å². The van der Waals surface area contributed by atoms with Gasteiger partial charge in [0, 0.05) is 13.1 Å². The van der Waals surface area contributed by atoms with Crippen molar-refractivity contribution in [2.75, 3.05) is 18.0 Å². The molecule has 1 atom stereocenters. The van der Waals surface area contributed by atoms with Gasteiger partial charge in [0.1, 0.15) is 0 Å². The van der Waals surface area contributed by atoms with Crippen LogP contribution in [0.4, 0.5) is 5.69 Å². The second-order valence-corrected chi connectivity index (χ2v) is 5.04. The molecule has 0 saturated heterocycles. The van der Waals surface area contributed by atoms with E-state index in [1.165, 1.54) is 5.57 Å². The Morgan fingerprint density at radius 3 is 2.71 bits per heavy atom. The molecule has 0 saturated carbocycles. The van der Waals surface area contributed by atoms with E-state index in [1.54, 1.807) is 6.92 Å². The minimum absolute atomic E-state index is 0.468. The maximum absolute atomic E-state index is 9.50. The zero-order valence-electron chi connectivity index (χ0n) is 10.3. The predicted octanol–water partition coefficient (Wildman–Crippen LogP) is 3.55. The lowest BCUT2D eigenvalue weighted by Gasteiger charge is -2.28. The summed E-state index contributed by atoms with van der Waals surface area (Å²) in [6.07, 6.45) is 2.86. The summed E-state index contributed by atoms with van der Waals surface area (Å²) in [5, 5.41) is 10.2. The second-order valence-electron chi connectivity index (χ2n) is 4.63. The van der Waals surface area contributed by atoms with E-state index in [1.807, 2.05) is 18.2 Å². The Kier molecular flexibility index (Phi) is 3.75. The van der Waals surface area contributed by atoms with E-state index in [2.05, 4.69) is 17.9 Å². The first-order valence-corrected chi connectivity index (χ1v) is 6.34. The zero-order valence-corrected chi connectivity index (χ0v) is 11.0. The molecule has 0 aliphatic carbocycles. The Morgan fingerprint density at radius 2 is 2.18 bits per heavy atom. The molecule has 1 N–H and O–H groups in total. The van der Waals surface area contributed by atoms with Gasteiger partial charge in [-0.05, 0) is 38.0 Å². The van der Waals surface area contributed by atoms with Gasteiger partial charge in [-0.2, -0.15) is 0 Å². The summed E-state index contributed by atoms with van der Waals surface area (Å²) in [7, 11) is 0. The van der Waals surface area contributed by atoms with Crippen LogP contribution in [0.15, 0.2) is 29.8 Å². The highest BCUT2D eigenvalue weighted by Gasteiger charge is 2.14. The normalized spacial score (nSPS) is 17.9. The largest absolute Gasteiger partial charge is 0.389 e. The van der Waals surface area contributed by atoms with E-state index in [0.717, 1.165) is 35.8 Å². The van der Waals surface area contributed by atoms with Crippen molar-refractivity contribution in [3.63, 3.8) is 0 Å². The Bertz CT molecular complexity index is 440. The van der Waals surface area contributed by atoms with Gasteiger partial charge in [-0.25, -0.2) is 0 Å². The van der Waals surface area contributed by atoms with Crippen molar-refractivity contribution in [3.05, 3.63) is 40.4 Å². The standard InChI is InChI=1S/C14H18ClNO/c1-10-5-7-16(8-6-10)14-4-3-12(11(2)17)9-13(14)15/h3-5,9,11,17H,6-8H2,1-2H3/t11-/m1/s1. The molecule has 0 amide bonds. The third kappa shape index (κ3) is 2.82. The van der Waals surface area contributed by atoms with Gasteiger partial charge in [0.2, 0.25) is 0 Å². The molecule has 2 nitrogen and oxygen atoms in total. The summed E-state index contributed by atoms with van der Waals surface area (Å²) in [4.78, 5) is 2.27. The van der Waals surface area contributed by atoms with Gasteiger partial charge in [-0.3, -0.25) is 0 Å². The lowest BCUT2D eigenvalue weighted by molar-refractivity contribution is 0.199. The Hall–Kier alpha value is -0.990. The van der Waals surface area contributed by atoms with Crippen molar-refractivity contribution in [2.45, 2.75) is 26.4 Å². The van der Waals surface area contributed by atoms with Crippen LogP contribution in [0, 0.1) is 0 Å². The molecular formula is C14H18ClNO. The Morgan fingerprint density at radius 1 is 1.41 bits per heavy atom. The van der Waals surface area contributed by atoms with E-state index in [0.29, 0.717) is 0 Å². The van der Waals surface area contributed by atoms with Crippen LogP contribution >= 0.6 is 11.6 Å². The van der Waals surface area contributed by atoms with Crippen molar-refractivity contribution >= 4 is 17.3 Å². The zero-order chi connectivity index (χ0) is 12.4. The molecular weight excluding hydrogens is 234 g/mol. The van der Waals surface area contributed by atoms with Crippen LogP contribution in [0.5, 0.6) is 0 Å². The summed E-state index contributed by atoms with van der Waals surface area (Å²) >= 11 is 6.27. The minimum atomic E-state index is -0.468. The molecule has 17 heavy (non-hydrogen) atoms. The Balaban J connectivity index is 2.22. The highest BCUT2D eigenvalue weighted by molar-refractivity contribution is 6.33. The van der Waals surface area contributed by atoms with Crippen molar-refractivity contribution in [1.29, 1.82) is 0 Å². The number of anilines is 1. The molecule has 2 rings (SSSR count). The lowest BCUT2D eigenvalue weighted by atomic mass is 10.1. The van der Waals surface area contributed by atoms with Crippen LogP contribution in [0.1, 0.15) is 31.9 Å². The topological polar surface area (TPSA) is 23.5 Å². The van der Waals surface area contributed by atoms with Gasteiger partial charge in [0.15, 0.2) is 0 Å². The van der Waals surface area contributed by atoms with E-state index in [4.69, 9.17) is 11.6 Å². The highest BCUT2D eigenvalue weighted by atomic mass is 35.5. The molecule has 1 heterocycles. The minimum Gasteiger partial charge on any atom is -0.389 e. The summed E-state index contributed by atoms with van der Waals surface area (Å²) in [5.41, 5.74) is 3.36. The van der Waals surface area contributed by atoms with Crippen LogP contribution in [-0.4, -0.2) is 18.2 Å². The third-order valence-corrected chi connectivity index (χ3v) is 3.53. The first-order chi connectivity index (χ1) is 8.08. The SMILES string of the molecule is CC1=CCN(c2ccc([C@@H](C)O)cc2Cl)CC1. The Labute approximate surface area is 108 Å². The summed E-state index contributed by atoms with van der Waals surface area (Å²) < 4.78 is 0. The van der Waals surface area contributed by atoms with Gasteiger partial charge < -0.3 is 10.0 Å². The fourth-order valence-electron chi connectivity index (χ4n) is 2.03. The summed E-state index contributed by atoms with van der Waals surface area (Å²) in [5.74, 6) is 0. The molecule has 1 aromatic carbocycles. The molecule has 0 fully saturated rings. The molecule has 1 aromatic rings. The molecule has 0 bridgehead atoms. The first kappa shape index (κ1) is 12.5. The molecule has 0 radical (unpaired) electrons. The maximum Gasteiger partial charge on any atom is 0.0762 e. The van der Waals surface area contributed by atoms with Crippen LogP contribution < -0.4 is 4.90 Å². The molecule has 92 valence electrons. The number of aliphatic hydroxyl groups excluding tert-OH is 1. The van der Waals surface area contributed by atoms with E-state index in [-0.39, 0.29) is 0 Å². The predicted molar refractivity (Wildman–Crippen MR) is 72.7 cm³/mol. The number of aliphatic hydroxyl groups is 1. The number of nitrogens with zero attached hydrogens (tertiary/aromatic N) is 1. The van der Waals surface area contributed by atoms with E-state index < -0.39 is 6.10 Å². The highest BCUT2D eigenvalue weighted by Crippen LogP contribution is 2.30. The summed E-state index contributed by atoms with van der Waals surface area (Å²) in [6, 6.07) is 5.79. The molecule has 1 aliphatic rings. The summed E-state index contributed by atoms with van der Waals surface area (Å²) in [6.45, 7) is 5.84. The second kappa shape index (κ2) is 5.11. The molecule has 0 unspecified atom stereocenters. The van der Waals surface area contributed by atoms with E-state index in [9.17, 15) is 5.11 Å². The number of benzene rings is 1. The van der Waals surface area contributed by atoms with Crippen molar-refractivity contribution in [2.24, 2.45) is 0 Å². The van der Waals surface area contributed by atoms with Crippen LogP contribution in [0.2, 0.25) is 5.02 Å².